The molecular formula is C23H22ClN5. The molecule has 0 aliphatic heterocycles. The van der Waals surface area contributed by atoms with Crippen molar-refractivity contribution >= 4 is 23.1 Å². The van der Waals surface area contributed by atoms with Crippen LogP contribution in [0.4, 0.5) is 5.95 Å². The number of hydrogen-bond donors (Lipinski definition) is 1. The first-order valence-electron chi connectivity index (χ1n) is 10.0. The Morgan fingerprint density at radius 3 is 2.62 bits per heavy atom. The number of nitrogens with zero attached hydrogens (tertiary/aromatic N) is 4. The Hall–Kier alpha value is -2.92. The van der Waals surface area contributed by atoms with E-state index in [9.17, 15) is 0 Å². The summed E-state index contributed by atoms with van der Waals surface area (Å²) in [5, 5.41) is 5.44. The summed E-state index contributed by atoms with van der Waals surface area (Å²) >= 11 is 6.47. The van der Waals surface area contributed by atoms with Gasteiger partial charge in [0.15, 0.2) is 0 Å². The Morgan fingerprint density at radius 1 is 1.03 bits per heavy atom. The van der Waals surface area contributed by atoms with Gasteiger partial charge < -0.3 is 5.73 Å². The summed E-state index contributed by atoms with van der Waals surface area (Å²) < 4.78 is 1.80. The molecule has 1 saturated carbocycles. The smallest absolute Gasteiger partial charge is 0.220 e. The topological polar surface area (TPSA) is 69.1 Å². The minimum Gasteiger partial charge on any atom is -0.368 e. The molecule has 1 aliphatic rings. The van der Waals surface area contributed by atoms with E-state index in [4.69, 9.17) is 27.4 Å². The number of halogens is 1. The van der Waals surface area contributed by atoms with Gasteiger partial charge in [-0.2, -0.15) is 5.10 Å². The Balaban J connectivity index is 1.75. The lowest BCUT2D eigenvalue weighted by atomic mass is 9.93. The highest BCUT2D eigenvalue weighted by atomic mass is 35.5. The average Bonchev–Trinajstić information content (AvgIpc) is 3.37. The monoisotopic (exact) mass is 403 g/mol. The van der Waals surface area contributed by atoms with Crippen LogP contribution in [0.15, 0.2) is 54.7 Å². The molecule has 0 amide bonds. The fraction of sp³-hybridized carbons (Fsp3) is 0.261. The van der Waals surface area contributed by atoms with Crippen LogP contribution in [0.25, 0.3) is 16.8 Å². The van der Waals surface area contributed by atoms with Crippen LogP contribution in [0.3, 0.4) is 0 Å². The summed E-state index contributed by atoms with van der Waals surface area (Å²) in [5.74, 6) is 0.748. The Morgan fingerprint density at radius 2 is 1.83 bits per heavy atom. The normalized spacial score (nSPS) is 14.7. The third kappa shape index (κ3) is 3.36. The molecule has 1 aliphatic carbocycles. The number of nitrogens with two attached hydrogens (primary N) is 1. The van der Waals surface area contributed by atoms with E-state index in [0.717, 1.165) is 35.3 Å². The summed E-state index contributed by atoms with van der Waals surface area (Å²) in [7, 11) is 0. The first-order valence-corrected chi connectivity index (χ1v) is 10.4. The molecule has 5 nitrogen and oxygen atoms in total. The molecule has 5 rings (SSSR count). The Kier molecular flexibility index (Phi) is 4.68. The van der Waals surface area contributed by atoms with Crippen molar-refractivity contribution in [2.24, 2.45) is 0 Å². The maximum atomic E-state index is 6.47. The van der Waals surface area contributed by atoms with Gasteiger partial charge in [-0.1, -0.05) is 60.8 Å². The zero-order chi connectivity index (χ0) is 19.8. The van der Waals surface area contributed by atoms with Crippen molar-refractivity contribution in [1.82, 2.24) is 19.6 Å². The van der Waals surface area contributed by atoms with Gasteiger partial charge in [0.1, 0.15) is 5.15 Å². The van der Waals surface area contributed by atoms with Gasteiger partial charge >= 0.3 is 0 Å². The largest absolute Gasteiger partial charge is 0.368 e. The van der Waals surface area contributed by atoms with Crippen LogP contribution in [0.2, 0.25) is 5.15 Å². The first-order chi connectivity index (χ1) is 14.2. The molecule has 1 fully saturated rings. The molecular weight excluding hydrogens is 382 g/mol. The predicted molar refractivity (Wildman–Crippen MR) is 116 cm³/mol. The second kappa shape index (κ2) is 7.48. The molecule has 3 aromatic heterocycles. The summed E-state index contributed by atoms with van der Waals surface area (Å²) in [6.45, 7) is 0. The van der Waals surface area contributed by atoms with E-state index in [-0.39, 0.29) is 5.95 Å². The molecule has 0 radical (unpaired) electrons. The van der Waals surface area contributed by atoms with Crippen molar-refractivity contribution in [3.63, 3.8) is 0 Å². The van der Waals surface area contributed by atoms with E-state index in [0.29, 0.717) is 17.5 Å². The highest BCUT2D eigenvalue weighted by Gasteiger charge is 2.26. The minimum atomic E-state index is 0.286. The molecule has 0 spiro atoms. The number of fused-ring (bicyclic) bond motifs is 1. The van der Waals surface area contributed by atoms with Crippen molar-refractivity contribution in [2.45, 2.75) is 38.0 Å². The van der Waals surface area contributed by atoms with Crippen LogP contribution in [-0.2, 0) is 6.42 Å². The lowest BCUT2D eigenvalue weighted by molar-refractivity contribution is 0.717. The second-order valence-corrected chi connectivity index (χ2v) is 8.03. The van der Waals surface area contributed by atoms with Crippen LogP contribution in [0.1, 0.15) is 48.4 Å². The number of aromatic nitrogens is 4. The van der Waals surface area contributed by atoms with Crippen molar-refractivity contribution in [3.8, 4) is 11.3 Å². The molecule has 2 N–H and O–H groups in total. The Labute approximate surface area is 174 Å². The minimum absolute atomic E-state index is 0.286. The first kappa shape index (κ1) is 18.1. The van der Waals surface area contributed by atoms with E-state index >= 15 is 0 Å². The SMILES string of the molecule is Nc1ncc(C2CCCC2)c(-c2c(Cc3ccccc3)nn3c(Cl)cccc23)n1. The van der Waals surface area contributed by atoms with Gasteiger partial charge in [0.2, 0.25) is 5.95 Å². The molecule has 0 saturated heterocycles. The third-order valence-corrected chi connectivity index (χ3v) is 6.05. The number of nitrogen functional groups attached to an aromatic ring is 1. The molecule has 0 bridgehead atoms. The van der Waals surface area contributed by atoms with E-state index in [1.165, 1.54) is 24.0 Å². The number of hydrogen-bond acceptors (Lipinski definition) is 4. The lowest BCUT2D eigenvalue weighted by Crippen LogP contribution is -2.05. The molecule has 1 aromatic carbocycles. The van der Waals surface area contributed by atoms with Crippen LogP contribution < -0.4 is 5.73 Å². The lowest BCUT2D eigenvalue weighted by Gasteiger charge is -2.15. The van der Waals surface area contributed by atoms with Crippen LogP contribution in [-0.4, -0.2) is 19.6 Å². The maximum absolute atomic E-state index is 6.47. The highest BCUT2D eigenvalue weighted by molar-refractivity contribution is 6.29. The number of pyridine rings is 1. The van der Waals surface area contributed by atoms with Crippen molar-refractivity contribution in [2.75, 3.05) is 5.73 Å². The maximum Gasteiger partial charge on any atom is 0.220 e. The van der Waals surface area contributed by atoms with Crippen molar-refractivity contribution in [1.29, 1.82) is 0 Å². The fourth-order valence-electron chi connectivity index (χ4n) is 4.40. The van der Waals surface area contributed by atoms with Gasteiger partial charge in [0.25, 0.3) is 0 Å². The standard InChI is InChI=1S/C23H22ClN5/c24-20-12-6-11-19-21(18(28-29(19)20)13-15-7-2-1-3-8-15)22-17(14-26-23(25)27-22)16-9-4-5-10-16/h1-3,6-8,11-12,14,16H,4-5,9-10,13H2,(H2,25,26,27). The van der Waals surface area contributed by atoms with Crippen LogP contribution in [0, 0.1) is 0 Å². The predicted octanol–water partition coefficient (Wildman–Crippen LogP) is 5.28. The van der Waals surface area contributed by atoms with Gasteiger partial charge in [-0.05, 0) is 36.5 Å². The van der Waals surface area contributed by atoms with Gasteiger partial charge in [0, 0.05) is 18.2 Å². The van der Waals surface area contributed by atoms with Crippen molar-refractivity contribution in [3.05, 3.63) is 76.7 Å². The Bertz CT molecular complexity index is 1160. The summed E-state index contributed by atoms with van der Waals surface area (Å²) in [6, 6.07) is 16.2. The zero-order valence-electron chi connectivity index (χ0n) is 16.1. The van der Waals surface area contributed by atoms with Crippen LogP contribution >= 0.6 is 11.6 Å². The molecule has 146 valence electrons. The van der Waals surface area contributed by atoms with Gasteiger partial charge in [-0.15, -0.1) is 0 Å². The molecule has 29 heavy (non-hydrogen) atoms. The van der Waals surface area contributed by atoms with Gasteiger partial charge in [0.05, 0.1) is 22.5 Å². The molecule has 3 heterocycles. The van der Waals surface area contributed by atoms with Crippen LogP contribution in [0.5, 0.6) is 0 Å². The highest BCUT2D eigenvalue weighted by Crippen LogP contribution is 2.41. The van der Waals surface area contributed by atoms with E-state index in [1.807, 2.05) is 42.6 Å². The average molecular weight is 404 g/mol. The third-order valence-electron chi connectivity index (χ3n) is 5.77. The second-order valence-electron chi connectivity index (χ2n) is 7.64. The quantitative estimate of drug-likeness (QED) is 0.471. The zero-order valence-corrected chi connectivity index (χ0v) is 16.8. The molecule has 6 heteroatoms. The summed E-state index contributed by atoms with van der Waals surface area (Å²) in [6.07, 6.45) is 7.41. The van der Waals surface area contributed by atoms with Crippen molar-refractivity contribution < 1.29 is 0 Å². The van der Waals surface area contributed by atoms with Gasteiger partial charge in [-0.25, -0.2) is 14.5 Å². The molecule has 0 unspecified atom stereocenters. The van der Waals surface area contributed by atoms with E-state index < -0.39 is 0 Å². The fourth-order valence-corrected chi connectivity index (χ4v) is 4.60. The number of benzene rings is 1. The molecule has 0 atom stereocenters. The van der Waals surface area contributed by atoms with E-state index in [1.54, 1.807) is 4.52 Å². The number of rotatable bonds is 4. The number of anilines is 1. The summed E-state index contributed by atoms with van der Waals surface area (Å²) in [5.41, 5.74) is 12.2. The van der Waals surface area contributed by atoms with Gasteiger partial charge in [-0.3, -0.25) is 0 Å². The molecule has 4 aromatic rings. The summed E-state index contributed by atoms with van der Waals surface area (Å²) in [4.78, 5) is 9.03. The van der Waals surface area contributed by atoms with E-state index in [2.05, 4.69) is 17.1 Å².